The molecule has 1 heterocycles. The molecule has 2 aromatic rings. The summed E-state index contributed by atoms with van der Waals surface area (Å²) in [4.78, 5) is 4.02. The molecule has 0 unspecified atom stereocenters. The second-order valence-corrected chi connectivity index (χ2v) is 4.45. The number of halogens is 1. The summed E-state index contributed by atoms with van der Waals surface area (Å²) < 4.78 is 5.50. The molecular formula is C15H13ClN2O. The van der Waals surface area contributed by atoms with Crippen molar-refractivity contribution in [1.29, 1.82) is 5.26 Å². The molecule has 3 nitrogen and oxygen atoms in total. The van der Waals surface area contributed by atoms with Gasteiger partial charge in [0, 0.05) is 6.07 Å². The maximum absolute atomic E-state index is 8.81. The molecule has 0 N–H and O–H groups in total. The van der Waals surface area contributed by atoms with Crippen LogP contribution < -0.4 is 4.74 Å². The molecule has 0 saturated heterocycles. The van der Waals surface area contributed by atoms with Crippen molar-refractivity contribution in [3.8, 4) is 11.9 Å². The normalized spacial score (nSPS) is 9.89. The van der Waals surface area contributed by atoms with E-state index in [0.29, 0.717) is 18.1 Å². The Kier molecular flexibility index (Phi) is 4.77. The largest absolute Gasteiger partial charge is 0.478 e. The average molecular weight is 273 g/mol. The predicted octanol–water partition coefficient (Wildman–Crippen LogP) is 3.62. The van der Waals surface area contributed by atoms with Crippen LogP contribution >= 0.6 is 11.6 Å². The van der Waals surface area contributed by atoms with Crippen LogP contribution in [0.3, 0.4) is 0 Å². The van der Waals surface area contributed by atoms with Crippen molar-refractivity contribution in [3.63, 3.8) is 0 Å². The van der Waals surface area contributed by atoms with E-state index in [2.05, 4.69) is 17.1 Å². The summed E-state index contributed by atoms with van der Waals surface area (Å²) in [6.45, 7) is 0.549. The maximum atomic E-state index is 8.81. The minimum atomic E-state index is 0.275. The van der Waals surface area contributed by atoms with E-state index >= 15 is 0 Å². The number of pyridine rings is 1. The Morgan fingerprint density at radius 1 is 1.21 bits per heavy atom. The van der Waals surface area contributed by atoms with Crippen LogP contribution in [0, 0.1) is 11.3 Å². The Hall–Kier alpha value is -2.05. The van der Waals surface area contributed by atoms with E-state index in [1.54, 1.807) is 6.07 Å². The minimum absolute atomic E-state index is 0.275. The monoisotopic (exact) mass is 272 g/mol. The predicted molar refractivity (Wildman–Crippen MR) is 74.2 cm³/mol. The maximum Gasteiger partial charge on any atom is 0.215 e. The van der Waals surface area contributed by atoms with E-state index < -0.39 is 0 Å². The van der Waals surface area contributed by atoms with E-state index in [1.807, 2.05) is 24.3 Å². The second-order valence-electron chi connectivity index (χ2n) is 4.07. The fraction of sp³-hybridized carbons (Fsp3) is 0.200. The molecule has 0 aliphatic heterocycles. The number of benzene rings is 1. The molecule has 0 aliphatic carbocycles. The van der Waals surface area contributed by atoms with Gasteiger partial charge in [0.25, 0.3) is 0 Å². The highest BCUT2D eigenvalue weighted by molar-refractivity contribution is 6.29. The third-order valence-electron chi connectivity index (χ3n) is 2.60. The van der Waals surface area contributed by atoms with Gasteiger partial charge in [0.15, 0.2) is 0 Å². The fourth-order valence-electron chi connectivity index (χ4n) is 1.71. The van der Waals surface area contributed by atoms with Gasteiger partial charge in [-0.05, 0) is 24.5 Å². The Morgan fingerprint density at radius 3 is 2.74 bits per heavy atom. The van der Waals surface area contributed by atoms with Crippen molar-refractivity contribution in [2.45, 2.75) is 12.8 Å². The van der Waals surface area contributed by atoms with Crippen molar-refractivity contribution in [2.75, 3.05) is 6.61 Å². The molecule has 4 heteroatoms. The first-order valence-corrected chi connectivity index (χ1v) is 6.40. The van der Waals surface area contributed by atoms with Crippen LogP contribution in [-0.4, -0.2) is 11.6 Å². The molecule has 0 fully saturated rings. The summed E-state index contributed by atoms with van der Waals surface area (Å²) in [5.74, 6) is 0.400. The summed E-state index contributed by atoms with van der Waals surface area (Å²) in [5.41, 5.74) is 1.74. The summed E-state index contributed by atoms with van der Waals surface area (Å²) in [5, 5.41) is 9.09. The number of hydrogen-bond acceptors (Lipinski definition) is 3. The van der Waals surface area contributed by atoms with Crippen molar-refractivity contribution in [3.05, 3.63) is 58.7 Å². The lowest BCUT2D eigenvalue weighted by molar-refractivity contribution is 0.299. The fourth-order valence-corrected chi connectivity index (χ4v) is 1.91. The van der Waals surface area contributed by atoms with Gasteiger partial charge in [0.05, 0.1) is 18.2 Å². The van der Waals surface area contributed by atoms with E-state index in [-0.39, 0.29) is 5.15 Å². The summed E-state index contributed by atoms with van der Waals surface area (Å²) in [7, 11) is 0. The number of ether oxygens (including phenoxy) is 1. The smallest absolute Gasteiger partial charge is 0.215 e. The molecular weight excluding hydrogens is 260 g/mol. The Morgan fingerprint density at radius 2 is 2.00 bits per heavy atom. The standard InChI is InChI=1S/C15H13ClN2O/c16-14-9-13(11-17)10-15(18-14)19-8-4-7-12-5-2-1-3-6-12/h1-3,5-6,9-10H,4,7-8H2. The van der Waals surface area contributed by atoms with E-state index in [4.69, 9.17) is 21.6 Å². The quantitative estimate of drug-likeness (QED) is 0.617. The molecule has 0 atom stereocenters. The van der Waals surface area contributed by atoms with Gasteiger partial charge in [-0.1, -0.05) is 41.9 Å². The zero-order valence-corrected chi connectivity index (χ0v) is 11.1. The van der Waals surface area contributed by atoms with Gasteiger partial charge in [-0.15, -0.1) is 0 Å². The molecule has 0 amide bonds. The third kappa shape index (κ3) is 4.27. The van der Waals surface area contributed by atoms with Crippen LogP contribution in [0.4, 0.5) is 0 Å². The van der Waals surface area contributed by atoms with Crippen molar-refractivity contribution >= 4 is 11.6 Å². The molecule has 0 aliphatic rings. The lowest BCUT2D eigenvalue weighted by Gasteiger charge is -2.06. The van der Waals surface area contributed by atoms with Gasteiger partial charge in [-0.2, -0.15) is 5.26 Å². The van der Waals surface area contributed by atoms with Crippen LogP contribution in [0.2, 0.25) is 5.15 Å². The van der Waals surface area contributed by atoms with Crippen LogP contribution in [0.5, 0.6) is 5.88 Å². The highest BCUT2D eigenvalue weighted by Gasteiger charge is 2.02. The van der Waals surface area contributed by atoms with Gasteiger partial charge in [0.1, 0.15) is 5.15 Å². The zero-order chi connectivity index (χ0) is 13.5. The van der Waals surface area contributed by atoms with Crippen molar-refractivity contribution < 1.29 is 4.74 Å². The molecule has 0 spiro atoms. The van der Waals surface area contributed by atoms with Crippen molar-refractivity contribution in [1.82, 2.24) is 4.98 Å². The molecule has 2 rings (SSSR count). The molecule has 0 bridgehead atoms. The van der Waals surface area contributed by atoms with Gasteiger partial charge in [0.2, 0.25) is 5.88 Å². The van der Waals surface area contributed by atoms with E-state index in [9.17, 15) is 0 Å². The van der Waals surface area contributed by atoms with Crippen LogP contribution in [0.15, 0.2) is 42.5 Å². The number of aromatic nitrogens is 1. The first-order chi connectivity index (χ1) is 9.28. The molecule has 1 aromatic carbocycles. The number of rotatable bonds is 5. The summed E-state index contributed by atoms with van der Waals surface area (Å²) >= 11 is 5.80. The summed E-state index contributed by atoms with van der Waals surface area (Å²) in [6.07, 6.45) is 1.84. The number of nitriles is 1. The highest BCUT2D eigenvalue weighted by atomic mass is 35.5. The number of nitrogens with zero attached hydrogens (tertiary/aromatic N) is 2. The van der Waals surface area contributed by atoms with Gasteiger partial charge in [-0.3, -0.25) is 0 Å². The Labute approximate surface area is 117 Å². The Bertz CT molecular complexity index is 578. The van der Waals surface area contributed by atoms with Gasteiger partial charge in [-0.25, -0.2) is 4.98 Å². The molecule has 1 aromatic heterocycles. The van der Waals surface area contributed by atoms with Crippen LogP contribution in [0.25, 0.3) is 0 Å². The Balaban J connectivity index is 1.83. The van der Waals surface area contributed by atoms with Gasteiger partial charge >= 0.3 is 0 Å². The average Bonchev–Trinajstić information content (AvgIpc) is 2.44. The topological polar surface area (TPSA) is 45.9 Å². The number of hydrogen-bond donors (Lipinski definition) is 0. The second kappa shape index (κ2) is 6.77. The first-order valence-electron chi connectivity index (χ1n) is 6.02. The molecule has 0 saturated carbocycles. The van der Waals surface area contributed by atoms with E-state index in [1.165, 1.54) is 11.6 Å². The minimum Gasteiger partial charge on any atom is -0.478 e. The SMILES string of the molecule is N#Cc1cc(Cl)nc(OCCCc2ccccc2)c1. The highest BCUT2D eigenvalue weighted by Crippen LogP contribution is 2.16. The first kappa shape index (κ1) is 13.4. The number of aryl methyl sites for hydroxylation is 1. The lowest BCUT2D eigenvalue weighted by atomic mass is 10.1. The van der Waals surface area contributed by atoms with Crippen LogP contribution in [0.1, 0.15) is 17.5 Å². The summed E-state index contributed by atoms with van der Waals surface area (Å²) in [6, 6.07) is 15.3. The zero-order valence-electron chi connectivity index (χ0n) is 10.3. The third-order valence-corrected chi connectivity index (χ3v) is 2.80. The van der Waals surface area contributed by atoms with Crippen LogP contribution in [-0.2, 0) is 6.42 Å². The molecule has 0 radical (unpaired) electrons. The van der Waals surface area contributed by atoms with Gasteiger partial charge < -0.3 is 4.74 Å². The molecule has 19 heavy (non-hydrogen) atoms. The van der Waals surface area contributed by atoms with Crippen molar-refractivity contribution in [2.24, 2.45) is 0 Å². The van der Waals surface area contributed by atoms with E-state index in [0.717, 1.165) is 12.8 Å². The lowest BCUT2D eigenvalue weighted by Crippen LogP contribution is -2.01. The molecule has 96 valence electrons.